The van der Waals surface area contributed by atoms with Gasteiger partial charge in [0.25, 0.3) is 5.91 Å². The van der Waals surface area contributed by atoms with Gasteiger partial charge in [0.15, 0.2) is 5.82 Å². The van der Waals surface area contributed by atoms with E-state index in [0.29, 0.717) is 16.9 Å². The lowest BCUT2D eigenvalue weighted by Gasteiger charge is -2.02. The quantitative estimate of drug-likeness (QED) is 0.594. The van der Waals surface area contributed by atoms with E-state index >= 15 is 0 Å². The second-order valence-corrected chi connectivity index (χ2v) is 3.51. The first kappa shape index (κ1) is 10.9. The molecular weight excluding hydrogens is 222 g/mol. The van der Waals surface area contributed by atoms with Gasteiger partial charge in [0.1, 0.15) is 0 Å². The number of nitrogens with two attached hydrogens (primary N) is 1. The van der Waals surface area contributed by atoms with Crippen LogP contribution in [-0.4, -0.2) is 21.1 Å². The molecule has 0 aliphatic rings. The third-order valence-electron chi connectivity index (χ3n) is 2.27. The van der Waals surface area contributed by atoms with Gasteiger partial charge < -0.3 is 16.0 Å². The van der Waals surface area contributed by atoms with Crippen LogP contribution in [0.15, 0.2) is 23.1 Å². The Morgan fingerprint density at radius 3 is 2.76 bits per heavy atom. The Kier molecular flexibility index (Phi) is 2.65. The zero-order chi connectivity index (χ0) is 12.4. The van der Waals surface area contributed by atoms with Crippen LogP contribution < -0.4 is 16.6 Å². The summed E-state index contributed by atoms with van der Waals surface area (Å²) in [5, 5.41) is 9.04. The number of nitrogens with zero attached hydrogens (tertiary/aromatic N) is 1. The highest BCUT2D eigenvalue weighted by atomic mass is 16.2. The van der Waals surface area contributed by atoms with Gasteiger partial charge in [0.05, 0.1) is 16.9 Å². The molecule has 0 saturated heterocycles. The summed E-state index contributed by atoms with van der Waals surface area (Å²) in [6.07, 6.45) is 1.33. The number of aryl methyl sites for hydroxylation is 1. The first-order chi connectivity index (χ1) is 8.08. The Balaban J connectivity index is 2.20. The number of amides is 1. The molecule has 17 heavy (non-hydrogen) atoms. The summed E-state index contributed by atoms with van der Waals surface area (Å²) in [6.45, 7) is 1.75. The topological polar surface area (TPSA) is 117 Å². The van der Waals surface area contributed by atoms with Crippen LogP contribution in [0.4, 0.5) is 11.5 Å². The highest BCUT2D eigenvalue weighted by Crippen LogP contribution is 2.18. The molecule has 1 amide bonds. The summed E-state index contributed by atoms with van der Waals surface area (Å²) in [6, 6.07) is 2.69. The van der Waals surface area contributed by atoms with Crippen molar-refractivity contribution >= 4 is 17.4 Å². The van der Waals surface area contributed by atoms with Crippen molar-refractivity contribution in [2.24, 2.45) is 0 Å². The maximum Gasteiger partial charge on any atom is 0.258 e. The zero-order valence-electron chi connectivity index (χ0n) is 9.07. The molecule has 5 N–H and O–H groups in total. The second-order valence-electron chi connectivity index (χ2n) is 3.51. The largest absolute Gasteiger partial charge is 0.394 e. The molecule has 0 radical (unpaired) electrons. The van der Waals surface area contributed by atoms with Crippen LogP contribution in [0.5, 0.6) is 0 Å². The predicted octanol–water partition coefficient (Wildman–Crippen LogP) is 0.241. The normalized spacial score (nSPS) is 10.2. The lowest BCUT2D eigenvalue weighted by atomic mass is 10.2. The lowest BCUT2D eigenvalue weighted by Crippen LogP contribution is -2.15. The highest BCUT2D eigenvalue weighted by molar-refractivity contribution is 6.04. The predicted molar refractivity (Wildman–Crippen MR) is 62.8 cm³/mol. The Bertz CT molecular complexity index is 593. The molecule has 2 aromatic rings. The molecule has 0 saturated carbocycles. The van der Waals surface area contributed by atoms with Crippen molar-refractivity contribution in [3.63, 3.8) is 0 Å². The van der Waals surface area contributed by atoms with Crippen molar-refractivity contribution in [3.8, 4) is 0 Å². The zero-order valence-corrected chi connectivity index (χ0v) is 9.07. The SMILES string of the molecule is Cc1[nH]nc(NC(=O)c2ccc(=O)[nH]c2)c1N. The summed E-state index contributed by atoms with van der Waals surface area (Å²) >= 11 is 0. The first-order valence-electron chi connectivity index (χ1n) is 4.88. The van der Waals surface area contributed by atoms with Gasteiger partial charge >= 0.3 is 0 Å². The number of nitrogens with one attached hydrogen (secondary N) is 3. The van der Waals surface area contributed by atoms with Crippen molar-refractivity contribution < 1.29 is 4.79 Å². The number of hydrogen-bond donors (Lipinski definition) is 4. The minimum absolute atomic E-state index is 0.267. The van der Waals surface area contributed by atoms with Gasteiger partial charge in [-0.15, -0.1) is 0 Å². The van der Waals surface area contributed by atoms with E-state index in [-0.39, 0.29) is 17.3 Å². The summed E-state index contributed by atoms with van der Waals surface area (Å²) < 4.78 is 0. The monoisotopic (exact) mass is 233 g/mol. The Hall–Kier alpha value is -2.57. The Morgan fingerprint density at radius 1 is 1.47 bits per heavy atom. The molecule has 0 atom stereocenters. The number of pyridine rings is 1. The lowest BCUT2D eigenvalue weighted by molar-refractivity contribution is 0.102. The standard InChI is InChI=1S/C10H11N5O2/c1-5-8(11)9(15-14-5)13-10(17)6-2-3-7(16)12-4-6/h2-4H,11H2,1H3,(H,12,16)(H2,13,14,15,17). The molecular formula is C10H11N5O2. The van der Waals surface area contributed by atoms with E-state index in [1.54, 1.807) is 6.92 Å². The number of hydrogen-bond acceptors (Lipinski definition) is 4. The molecule has 0 spiro atoms. The Morgan fingerprint density at radius 2 is 2.24 bits per heavy atom. The molecule has 2 rings (SSSR count). The van der Waals surface area contributed by atoms with Gasteiger partial charge in [-0.2, -0.15) is 5.10 Å². The molecule has 0 aliphatic carbocycles. The van der Waals surface area contributed by atoms with Crippen molar-refractivity contribution in [2.45, 2.75) is 6.92 Å². The van der Waals surface area contributed by atoms with E-state index in [0.717, 1.165) is 0 Å². The van der Waals surface area contributed by atoms with Gasteiger partial charge in [0.2, 0.25) is 5.56 Å². The smallest absolute Gasteiger partial charge is 0.258 e. The van der Waals surface area contributed by atoms with E-state index in [1.807, 2.05) is 0 Å². The molecule has 0 aromatic carbocycles. The van der Waals surface area contributed by atoms with Crippen molar-refractivity contribution in [1.82, 2.24) is 15.2 Å². The number of aromatic nitrogens is 3. The Labute approximate surface area is 96.0 Å². The number of rotatable bonds is 2. The molecule has 2 aromatic heterocycles. The summed E-state index contributed by atoms with van der Waals surface area (Å²) in [4.78, 5) is 25.0. The average molecular weight is 233 g/mol. The minimum Gasteiger partial charge on any atom is -0.394 e. The fourth-order valence-electron chi connectivity index (χ4n) is 1.26. The van der Waals surface area contributed by atoms with Crippen LogP contribution >= 0.6 is 0 Å². The van der Waals surface area contributed by atoms with Crippen molar-refractivity contribution in [1.29, 1.82) is 0 Å². The molecule has 0 fully saturated rings. The number of H-pyrrole nitrogens is 2. The van der Waals surface area contributed by atoms with Crippen LogP contribution in [0.2, 0.25) is 0 Å². The molecule has 0 aliphatic heterocycles. The van der Waals surface area contributed by atoms with E-state index in [4.69, 9.17) is 5.73 Å². The molecule has 0 unspecified atom stereocenters. The molecule has 7 nitrogen and oxygen atoms in total. The summed E-state index contributed by atoms with van der Waals surface area (Å²) in [7, 11) is 0. The summed E-state index contributed by atoms with van der Waals surface area (Å²) in [5.74, 6) is -0.113. The molecule has 7 heteroatoms. The van der Waals surface area contributed by atoms with Gasteiger partial charge in [-0.25, -0.2) is 0 Å². The maximum absolute atomic E-state index is 11.7. The third-order valence-corrected chi connectivity index (χ3v) is 2.27. The van der Waals surface area contributed by atoms with Gasteiger partial charge in [-0.1, -0.05) is 0 Å². The fourth-order valence-corrected chi connectivity index (χ4v) is 1.26. The number of carbonyl (C=O) groups is 1. The number of aromatic amines is 2. The average Bonchev–Trinajstić information content (AvgIpc) is 2.62. The van der Waals surface area contributed by atoms with Crippen LogP contribution in [0.1, 0.15) is 16.1 Å². The van der Waals surface area contributed by atoms with Crippen LogP contribution in [0.3, 0.4) is 0 Å². The van der Waals surface area contributed by atoms with Gasteiger partial charge in [0, 0.05) is 12.3 Å². The first-order valence-corrected chi connectivity index (χ1v) is 4.88. The third kappa shape index (κ3) is 2.17. The van der Waals surface area contributed by atoms with Gasteiger partial charge in [-0.3, -0.25) is 14.7 Å². The number of anilines is 2. The van der Waals surface area contributed by atoms with Crippen molar-refractivity contribution in [3.05, 3.63) is 39.9 Å². The minimum atomic E-state index is -0.389. The summed E-state index contributed by atoms with van der Waals surface area (Å²) in [5.41, 5.74) is 6.82. The van der Waals surface area contributed by atoms with Crippen LogP contribution in [0.25, 0.3) is 0 Å². The molecule has 0 bridgehead atoms. The van der Waals surface area contributed by atoms with Crippen LogP contribution in [-0.2, 0) is 0 Å². The highest BCUT2D eigenvalue weighted by Gasteiger charge is 2.11. The van der Waals surface area contributed by atoms with Crippen molar-refractivity contribution in [2.75, 3.05) is 11.1 Å². The van der Waals surface area contributed by atoms with E-state index < -0.39 is 0 Å². The molecule has 88 valence electrons. The van der Waals surface area contributed by atoms with Gasteiger partial charge in [-0.05, 0) is 13.0 Å². The van der Waals surface area contributed by atoms with E-state index in [2.05, 4.69) is 20.5 Å². The van der Waals surface area contributed by atoms with E-state index in [9.17, 15) is 9.59 Å². The van der Waals surface area contributed by atoms with Crippen LogP contribution in [0, 0.1) is 6.92 Å². The van der Waals surface area contributed by atoms with E-state index in [1.165, 1.54) is 18.3 Å². The number of carbonyl (C=O) groups excluding carboxylic acids is 1. The molecule has 2 heterocycles. The maximum atomic E-state index is 11.7. The number of nitrogen functional groups attached to an aromatic ring is 1. The fraction of sp³-hybridized carbons (Fsp3) is 0.100. The second kappa shape index (κ2) is 4.12.